The standard InChI is InChI=1S/C14H23NO2/c1-3-5-11-7-14(10-15,9-13(16)17)8-12(11)6-4-2/h11-12H,3-9H2,1-2H3,(H,16,17)/t11-,12-/m0/s1. The van der Waals surface area contributed by atoms with Gasteiger partial charge in [-0.25, -0.2) is 0 Å². The summed E-state index contributed by atoms with van der Waals surface area (Å²) in [5, 5.41) is 18.3. The molecule has 0 unspecified atom stereocenters. The van der Waals surface area contributed by atoms with E-state index in [1.54, 1.807) is 0 Å². The first-order chi connectivity index (χ1) is 8.06. The van der Waals surface area contributed by atoms with Crippen LogP contribution < -0.4 is 0 Å². The summed E-state index contributed by atoms with van der Waals surface area (Å²) in [5.41, 5.74) is -0.592. The van der Waals surface area contributed by atoms with Gasteiger partial charge in [0.25, 0.3) is 0 Å². The van der Waals surface area contributed by atoms with E-state index in [0.29, 0.717) is 11.8 Å². The van der Waals surface area contributed by atoms with Crippen molar-refractivity contribution in [1.29, 1.82) is 5.26 Å². The molecular weight excluding hydrogens is 214 g/mol. The van der Waals surface area contributed by atoms with Gasteiger partial charge in [0, 0.05) is 0 Å². The first-order valence-corrected chi connectivity index (χ1v) is 6.70. The monoisotopic (exact) mass is 237 g/mol. The zero-order valence-corrected chi connectivity index (χ0v) is 10.9. The van der Waals surface area contributed by atoms with Gasteiger partial charge >= 0.3 is 5.97 Å². The third kappa shape index (κ3) is 3.46. The Labute approximate surface area is 104 Å². The van der Waals surface area contributed by atoms with Crippen molar-refractivity contribution in [1.82, 2.24) is 0 Å². The van der Waals surface area contributed by atoms with Crippen LogP contribution in [0.2, 0.25) is 0 Å². The second-order valence-electron chi connectivity index (χ2n) is 5.47. The molecule has 17 heavy (non-hydrogen) atoms. The lowest BCUT2D eigenvalue weighted by Gasteiger charge is -2.17. The molecule has 0 bridgehead atoms. The van der Waals surface area contributed by atoms with Crippen LogP contribution in [0.5, 0.6) is 0 Å². The van der Waals surface area contributed by atoms with Crippen molar-refractivity contribution in [2.24, 2.45) is 17.3 Å². The number of rotatable bonds is 6. The minimum absolute atomic E-state index is 0.0178. The Morgan fingerprint density at radius 2 is 1.76 bits per heavy atom. The van der Waals surface area contributed by atoms with Crippen LogP contribution in [0, 0.1) is 28.6 Å². The van der Waals surface area contributed by atoms with Gasteiger partial charge in [-0.1, -0.05) is 39.5 Å². The summed E-state index contributed by atoms with van der Waals surface area (Å²) in [7, 11) is 0. The molecule has 1 rings (SSSR count). The summed E-state index contributed by atoms with van der Waals surface area (Å²) in [4.78, 5) is 10.9. The Hall–Kier alpha value is -1.04. The van der Waals surface area contributed by atoms with Gasteiger partial charge < -0.3 is 5.11 Å². The highest BCUT2D eigenvalue weighted by Gasteiger charge is 2.45. The topological polar surface area (TPSA) is 61.1 Å². The Bertz CT molecular complexity index is 292. The second-order valence-corrected chi connectivity index (χ2v) is 5.47. The maximum absolute atomic E-state index is 10.9. The van der Waals surface area contributed by atoms with Gasteiger partial charge in [0.2, 0.25) is 0 Å². The van der Waals surface area contributed by atoms with E-state index in [2.05, 4.69) is 19.9 Å². The summed E-state index contributed by atoms with van der Waals surface area (Å²) < 4.78 is 0. The summed E-state index contributed by atoms with van der Waals surface area (Å²) >= 11 is 0. The first kappa shape index (κ1) is 14.0. The van der Waals surface area contributed by atoms with Gasteiger partial charge in [0.05, 0.1) is 17.9 Å². The highest BCUT2D eigenvalue weighted by molar-refractivity contribution is 5.68. The summed E-state index contributed by atoms with van der Waals surface area (Å²) in [6, 6.07) is 2.30. The Kier molecular flexibility index (Phi) is 4.99. The van der Waals surface area contributed by atoms with E-state index in [9.17, 15) is 10.1 Å². The molecule has 1 N–H and O–H groups in total. The Morgan fingerprint density at radius 3 is 2.06 bits per heavy atom. The fourth-order valence-electron chi connectivity index (χ4n) is 3.40. The molecule has 1 fully saturated rings. The van der Waals surface area contributed by atoms with E-state index in [0.717, 1.165) is 38.5 Å². The molecule has 0 spiro atoms. The molecule has 0 amide bonds. The fraction of sp³-hybridized carbons (Fsp3) is 0.857. The van der Waals surface area contributed by atoms with Gasteiger partial charge in [-0.2, -0.15) is 5.26 Å². The molecule has 0 aromatic rings. The predicted octanol–water partition coefficient (Wildman–Crippen LogP) is 3.60. The molecule has 96 valence electrons. The number of aliphatic carboxylic acids is 1. The van der Waals surface area contributed by atoms with Crippen LogP contribution in [-0.4, -0.2) is 11.1 Å². The number of carboxylic acid groups (broad SMARTS) is 1. The highest BCUT2D eigenvalue weighted by atomic mass is 16.4. The zero-order chi connectivity index (χ0) is 12.9. The third-order valence-electron chi connectivity index (χ3n) is 4.02. The van der Waals surface area contributed by atoms with Gasteiger partial charge in [-0.05, 0) is 24.7 Å². The summed E-state index contributed by atoms with van der Waals surface area (Å²) in [5.74, 6) is 0.275. The molecule has 1 aliphatic rings. The van der Waals surface area contributed by atoms with Crippen molar-refractivity contribution >= 4 is 5.97 Å². The van der Waals surface area contributed by atoms with Crippen LogP contribution in [0.3, 0.4) is 0 Å². The zero-order valence-electron chi connectivity index (χ0n) is 10.9. The molecule has 1 aliphatic carbocycles. The Balaban J connectivity index is 2.77. The van der Waals surface area contributed by atoms with Gasteiger partial charge in [-0.15, -0.1) is 0 Å². The lowest BCUT2D eigenvalue weighted by Crippen LogP contribution is -2.19. The number of carbonyl (C=O) groups is 1. The van der Waals surface area contributed by atoms with Crippen LogP contribution >= 0.6 is 0 Å². The third-order valence-corrected chi connectivity index (χ3v) is 4.02. The predicted molar refractivity (Wildman–Crippen MR) is 66.3 cm³/mol. The maximum atomic E-state index is 10.9. The van der Waals surface area contributed by atoms with E-state index in [1.807, 2.05) is 0 Å². The van der Waals surface area contributed by atoms with Gasteiger partial charge in [-0.3, -0.25) is 4.79 Å². The van der Waals surface area contributed by atoms with Crippen LogP contribution in [0.25, 0.3) is 0 Å². The minimum atomic E-state index is -0.834. The van der Waals surface area contributed by atoms with Crippen molar-refractivity contribution in [3.05, 3.63) is 0 Å². The molecule has 0 aromatic heterocycles. The van der Waals surface area contributed by atoms with Crippen LogP contribution in [0.4, 0.5) is 0 Å². The van der Waals surface area contributed by atoms with Crippen molar-refractivity contribution in [2.75, 3.05) is 0 Å². The normalized spacial score (nSPS) is 26.6. The lowest BCUT2D eigenvalue weighted by molar-refractivity contribution is -0.138. The quantitative estimate of drug-likeness (QED) is 0.767. The van der Waals surface area contributed by atoms with E-state index in [4.69, 9.17) is 5.11 Å². The molecule has 3 nitrogen and oxygen atoms in total. The number of hydrogen-bond donors (Lipinski definition) is 1. The van der Waals surface area contributed by atoms with Gasteiger partial charge in [0.15, 0.2) is 0 Å². The van der Waals surface area contributed by atoms with E-state index in [-0.39, 0.29) is 6.42 Å². The lowest BCUT2D eigenvalue weighted by atomic mass is 9.83. The number of nitrogens with zero attached hydrogens (tertiary/aromatic N) is 1. The molecule has 2 atom stereocenters. The number of nitriles is 1. The smallest absolute Gasteiger partial charge is 0.304 e. The van der Waals surface area contributed by atoms with Crippen molar-refractivity contribution in [3.63, 3.8) is 0 Å². The molecule has 1 saturated carbocycles. The van der Waals surface area contributed by atoms with Crippen LogP contribution in [0.15, 0.2) is 0 Å². The molecule has 0 heterocycles. The molecule has 0 saturated heterocycles. The van der Waals surface area contributed by atoms with E-state index < -0.39 is 11.4 Å². The van der Waals surface area contributed by atoms with Crippen molar-refractivity contribution in [2.45, 2.75) is 58.8 Å². The van der Waals surface area contributed by atoms with E-state index in [1.165, 1.54) is 0 Å². The van der Waals surface area contributed by atoms with Crippen LogP contribution in [-0.2, 0) is 4.79 Å². The van der Waals surface area contributed by atoms with Gasteiger partial charge in [0.1, 0.15) is 0 Å². The maximum Gasteiger partial charge on any atom is 0.304 e. The molecule has 0 aliphatic heterocycles. The SMILES string of the molecule is CCC[C@H]1CC(C#N)(CC(=O)O)C[C@@H]1CCC. The highest BCUT2D eigenvalue weighted by Crippen LogP contribution is 2.50. The second kappa shape index (κ2) is 6.05. The fourth-order valence-corrected chi connectivity index (χ4v) is 3.40. The molecule has 0 radical (unpaired) electrons. The number of hydrogen-bond acceptors (Lipinski definition) is 2. The largest absolute Gasteiger partial charge is 0.481 e. The van der Waals surface area contributed by atoms with Crippen LogP contribution in [0.1, 0.15) is 58.8 Å². The molecule has 3 heteroatoms. The first-order valence-electron chi connectivity index (χ1n) is 6.70. The summed E-state index contributed by atoms with van der Waals surface area (Å²) in [6.07, 6.45) is 6.10. The Morgan fingerprint density at radius 1 is 1.29 bits per heavy atom. The summed E-state index contributed by atoms with van der Waals surface area (Å²) in [6.45, 7) is 4.32. The molecule has 0 aromatic carbocycles. The molecular formula is C14H23NO2. The van der Waals surface area contributed by atoms with E-state index >= 15 is 0 Å². The van der Waals surface area contributed by atoms with Crippen molar-refractivity contribution in [3.8, 4) is 6.07 Å². The number of carboxylic acids is 1. The van der Waals surface area contributed by atoms with Crippen molar-refractivity contribution < 1.29 is 9.90 Å². The average molecular weight is 237 g/mol. The minimum Gasteiger partial charge on any atom is -0.481 e. The average Bonchev–Trinajstić information content (AvgIpc) is 2.58.